The van der Waals surface area contributed by atoms with Crippen molar-refractivity contribution >= 4 is 17.3 Å². The van der Waals surface area contributed by atoms with Gasteiger partial charge in [0.15, 0.2) is 0 Å². The molecule has 0 atom stereocenters. The van der Waals surface area contributed by atoms with Crippen LogP contribution in [0.5, 0.6) is 0 Å². The van der Waals surface area contributed by atoms with Gasteiger partial charge in [-0.25, -0.2) is 0 Å². The summed E-state index contributed by atoms with van der Waals surface area (Å²) in [6.45, 7) is 0.542. The molecule has 0 bridgehead atoms. The van der Waals surface area contributed by atoms with E-state index in [2.05, 4.69) is 10.4 Å². The molecule has 0 aliphatic rings. The fourth-order valence-corrected chi connectivity index (χ4v) is 1.61. The smallest absolute Gasteiger partial charge is 0.207 e. The zero-order valence-corrected chi connectivity index (χ0v) is 7.90. The third kappa shape index (κ3) is 1.35. The maximum atomic E-state index is 10.2. The minimum absolute atomic E-state index is 0.542. The van der Waals surface area contributed by atoms with Gasteiger partial charge in [-0.2, -0.15) is 5.10 Å². The second-order valence-electron chi connectivity index (χ2n) is 3.12. The molecule has 72 valence electrons. The number of carbonyl (C=O) groups is 1. The molecule has 2 aromatic rings. The number of aromatic nitrogens is 2. The molecule has 1 amide bonds. The molecule has 1 aromatic carbocycles. The van der Waals surface area contributed by atoms with E-state index in [1.54, 1.807) is 0 Å². The summed E-state index contributed by atoms with van der Waals surface area (Å²) in [5.41, 5.74) is 2.15. The summed E-state index contributed by atoms with van der Waals surface area (Å²) >= 11 is 0. The number of fused-ring (bicyclic) bond motifs is 1. The average molecular weight is 189 g/mol. The van der Waals surface area contributed by atoms with Gasteiger partial charge in [-0.1, -0.05) is 18.2 Å². The first-order valence-corrected chi connectivity index (χ1v) is 4.39. The molecular weight excluding hydrogens is 178 g/mol. The van der Waals surface area contributed by atoms with Crippen molar-refractivity contribution in [2.75, 3.05) is 0 Å². The Hall–Kier alpha value is -1.84. The number of nitrogens with one attached hydrogen (secondary N) is 1. The molecule has 2 rings (SSSR count). The molecule has 0 aliphatic heterocycles. The van der Waals surface area contributed by atoms with E-state index in [-0.39, 0.29) is 0 Å². The highest BCUT2D eigenvalue weighted by Gasteiger charge is 2.04. The Labute approximate surface area is 81.5 Å². The molecule has 0 saturated carbocycles. The maximum absolute atomic E-state index is 10.2. The summed E-state index contributed by atoms with van der Waals surface area (Å²) in [6.07, 6.45) is 2.52. The first-order valence-electron chi connectivity index (χ1n) is 4.39. The molecule has 0 fully saturated rings. The molecule has 0 spiro atoms. The molecule has 0 radical (unpaired) electrons. The number of amides is 1. The average Bonchev–Trinajstić information content (AvgIpc) is 2.58. The van der Waals surface area contributed by atoms with Crippen molar-refractivity contribution in [1.29, 1.82) is 0 Å². The molecule has 14 heavy (non-hydrogen) atoms. The second kappa shape index (κ2) is 3.49. The SMILES string of the molecule is Cn1ncc2cccc(CNC=O)c21. The van der Waals surface area contributed by atoms with Crippen LogP contribution in [-0.2, 0) is 18.4 Å². The largest absolute Gasteiger partial charge is 0.355 e. The van der Waals surface area contributed by atoms with Crippen molar-refractivity contribution in [1.82, 2.24) is 15.1 Å². The third-order valence-corrected chi connectivity index (χ3v) is 2.22. The number of nitrogens with zero attached hydrogens (tertiary/aromatic N) is 2. The zero-order chi connectivity index (χ0) is 9.97. The van der Waals surface area contributed by atoms with Gasteiger partial charge < -0.3 is 5.32 Å². The zero-order valence-electron chi connectivity index (χ0n) is 7.90. The number of rotatable bonds is 3. The Morgan fingerprint density at radius 2 is 2.43 bits per heavy atom. The first kappa shape index (κ1) is 8.74. The van der Waals surface area contributed by atoms with Gasteiger partial charge in [0.25, 0.3) is 0 Å². The topological polar surface area (TPSA) is 46.9 Å². The van der Waals surface area contributed by atoms with Crippen molar-refractivity contribution in [2.45, 2.75) is 6.54 Å². The van der Waals surface area contributed by atoms with E-state index in [0.717, 1.165) is 16.5 Å². The van der Waals surface area contributed by atoms with Crippen LogP contribution in [0.15, 0.2) is 24.4 Å². The molecular formula is C10H11N3O. The number of hydrogen-bond acceptors (Lipinski definition) is 2. The van der Waals surface area contributed by atoms with Gasteiger partial charge in [0.05, 0.1) is 11.7 Å². The van der Waals surface area contributed by atoms with Crippen molar-refractivity contribution in [2.24, 2.45) is 7.05 Å². The number of benzene rings is 1. The first-order chi connectivity index (χ1) is 6.83. The van der Waals surface area contributed by atoms with Crippen molar-refractivity contribution < 1.29 is 4.79 Å². The molecule has 0 saturated heterocycles. The van der Waals surface area contributed by atoms with E-state index in [0.29, 0.717) is 13.0 Å². The van der Waals surface area contributed by atoms with Crippen molar-refractivity contribution in [3.63, 3.8) is 0 Å². The van der Waals surface area contributed by atoms with Crippen LogP contribution >= 0.6 is 0 Å². The van der Waals surface area contributed by atoms with Crippen LogP contribution in [0.2, 0.25) is 0 Å². The number of carbonyl (C=O) groups excluding carboxylic acids is 1. The Balaban J connectivity index is 2.51. The molecule has 1 N–H and O–H groups in total. The summed E-state index contributed by atoms with van der Waals surface area (Å²) in [6, 6.07) is 5.96. The van der Waals surface area contributed by atoms with Crippen LogP contribution in [0.3, 0.4) is 0 Å². The van der Waals surface area contributed by atoms with Gasteiger partial charge in [-0.3, -0.25) is 9.48 Å². The summed E-state index contributed by atoms with van der Waals surface area (Å²) in [5.74, 6) is 0. The summed E-state index contributed by atoms with van der Waals surface area (Å²) in [5, 5.41) is 7.91. The molecule has 0 unspecified atom stereocenters. The van der Waals surface area contributed by atoms with Gasteiger partial charge in [0.1, 0.15) is 0 Å². The monoisotopic (exact) mass is 189 g/mol. The Bertz CT molecular complexity index is 461. The molecule has 0 aliphatic carbocycles. The normalized spacial score (nSPS) is 10.4. The van der Waals surface area contributed by atoms with E-state index >= 15 is 0 Å². The van der Waals surface area contributed by atoms with E-state index in [4.69, 9.17) is 0 Å². The Kier molecular flexibility index (Phi) is 2.18. The summed E-state index contributed by atoms with van der Waals surface area (Å²) in [7, 11) is 1.90. The second-order valence-corrected chi connectivity index (χ2v) is 3.12. The minimum atomic E-state index is 0.542. The van der Waals surface area contributed by atoms with E-state index < -0.39 is 0 Å². The molecule has 4 nitrogen and oxygen atoms in total. The van der Waals surface area contributed by atoms with E-state index in [1.165, 1.54) is 0 Å². The van der Waals surface area contributed by atoms with E-state index in [1.807, 2.05) is 36.1 Å². The number of para-hydroxylation sites is 1. The summed E-state index contributed by atoms with van der Waals surface area (Å²) in [4.78, 5) is 10.2. The lowest BCUT2D eigenvalue weighted by Crippen LogP contribution is -2.10. The highest BCUT2D eigenvalue weighted by atomic mass is 16.1. The highest BCUT2D eigenvalue weighted by molar-refractivity contribution is 5.82. The van der Waals surface area contributed by atoms with Crippen LogP contribution in [-0.4, -0.2) is 16.2 Å². The Morgan fingerprint density at radius 1 is 1.57 bits per heavy atom. The molecule has 4 heteroatoms. The van der Waals surface area contributed by atoms with Crippen LogP contribution in [0.1, 0.15) is 5.56 Å². The number of hydrogen-bond donors (Lipinski definition) is 1. The predicted octanol–water partition coefficient (Wildman–Crippen LogP) is 0.819. The lowest BCUT2D eigenvalue weighted by atomic mass is 10.1. The van der Waals surface area contributed by atoms with Gasteiger partial charge in [0, 0.05) is 19.0 Å². The lowest BCUT2D eigenvalue weighted by molar-refractivity contribution is -0.109. The summed E-state index contributed by atoms with van der Waals surface area (Å²) < 4.78 is 1.82. The Morgan fingerprint density at radius 3 is 3.21 bits per heavy atom. The van der Waals surface area contributed by atoms with Gasteiger partial charge in [-0.15, -0.1) is 0 Å². The van der Waals surface area contributed by atoms with Crippen molar-refractivity contribution in [3.8, 4) is 0 Å². The quantitative estimate of drug-likeness (QED) is 0.726. The van der Waals surface area contributed by atoms with Gasteiger partial charge >= 0.3 is 0 Å². The van der Waals surface area contributed by atoms with Crippen LogP contribution in [0.25, 0.3) is 10.9 Å². The van der Waals surface area contributed by atoms with Crippen LogP contribution in [0.4, 0.5) is 0 Å². The van der Waals surface area contributed by atoms with Crippen molar-refractivity contribution in [3.05, 3.63) is 30.0 Å². The highest BCUT2D eigenvalue weighted by Crippen LogP contribution is 2.17. The standard InChI is InChI=1S/C10H11N3O/c1-13-10-8(5-11-7-14)3-2-4-9(10)6-12-13/h2-4,6-7H,5H2,1H3,(H,11,14). The molecule has 1 aromatic heterocycles. The van der Waals surface area contributed by atoms with Crippen LogP contribution < -0.4 is 5.32 Å². The lowest BCUT2D eigenvalue weighted by Gasteiger charge is -2.03. The third-order valence-electron chi connectivity index (χ3n) is 2.22. The van der Waals surface area contributed by atoms with E-state index in [9.17, 15) is 4.79 Å². The fraction of sp³-hybridized carbons (Fsp3) is 0.200. The van der Waals surface area contributed by atoms with Crippen LogP contribution in [0, 0.1) is 0 Å². The maximum Gasteiger partial charge on any atom is 0.207 e. The predicted molar refractivity (Wildman–Crippen MR) is 53.6 cm³/mol. The number of aryl methyl sites for hydroxylation is 1. The molecule has 1 heterocycles. The van der Waals surface area contributed by atoms with Gasteiger partial charge in [-0.05, 0) is 5.56 Å². The van der Waals surface area contributed by atoms with Gasteiger partial charge in [0.2, 0.25) is 6.41 Å². The minimum Gasteiger partial charge on any atom is -0.355 e. The fourth-order valence-electron chi connectivity index (χ4n) is 1.61.